The van der Waals surface area contributed by atoms with E-state index in [4.69, 9.17) is 10.2 Å². The van der Waals surface area contributed by atoms with Gasteiger partial charge in [-0.05, 0) is 6.92 Å². The summed E-state index contributed by atoms with van der Waals surface area (Å²) in [7, 11) is 0. The average molecular weight is 200 g/mol. The predicted octanol–water partition coefficient (Wildman–Crippen LogP) is -0.723. The normalized spacial score (nSPS) is 12.5. The number of nitrogens with zero attached hydrogens (tertiary/aromatic N) is 1. The molecule has 0 aliphatic carbocycles. The molecule has 78 valence electrons. The van der Waals surface area contributed by atoms with Crippen molar-refractivity contribution in [3.05, 3.63) is 17.5 Å². The molecule has 0 radical (unpaired) electrons. The van der Waals surface area contributed by atoms with Gasteiger partial charge in [-0.15, -0.1) is 0 Å². The van der Waals surface area contributed by atoms with E-state index >= 15 is 0 Å². The first kappa shape index (κ1) is 10.7. The maximum Gasteiger partial charge on any atom is 0.290 e. The number of aromatic nitrogens is 1. The lowest BCUT2D eigenvalue weighted by Crippen LogP contribution is -2.34. The fourth-order valence-electron chi connectivity index (χ4n) is 0.834. The topological polar surface area (TPSA) is 95.6 Å². The lowest BCUT2D eigenvalue weighted by Gasteiger charge is -2.07. The fraction of sp³-hybridized carbons (Fsp3) is 0.500. The fourth-order valence-corrected chi connectivity index (χ4v) is 0.834. The zero-order valence-corrected chi connectivity index (χ0v) is 7.73. The SMILES string of the molecule is C[C@H](CO)NC(=O)c1cc(CO)no1. The van der Waals surface area contributed by atoms with Crippen LogP contribution in [0.4, 0.5) is 0 Å². The van der Waals surface area contributed by atoms with Crippen molar-refractivity contribution >= 4 is 5.91 Å². The Balaban J connectivity index is 2.60. The minimum atomic E-state index is -0.459. The quantitative estimate of drug-likeness (QED) is 0.596. The molecule has 1 heterocycles. The molecule has 1 aromatic rings. The van der Waals surface area contributed by atoms with Gasteiger partial charge in [0.1, 0.15) is 5.69 Å². The minimum Gasteiger partial charge on any atom is -0.394 e. The van der Waals surface area contributed by atoms with E-state index < -0.39 is 5.91 Å². The molecule has 0 fully saturated rings. The molecule has 0 spiro atoms. The predicted molar refractivity (Wildman–Crippen MR) is 46.4 cm³/mol. The number of aliphatic hydroxyl groups excluding tert-OH is 2. The van der Waals surface area contributed by atoms with E-state index in [1.165, 1.54) is 6.07 Å². The lowest BCUT2D eigenvalue weighted by molar-refractivity contribution is 0.0884. The van der Waals surface area contributed by atoms with Crippen LogP contribution in [0.5, 0.6) is 0 Å². The molecule has 1 atom stereocenters. The second-order valence-corrected chi connectivity index (χ2v) is 2.90. The van der Waals surface area contributed by atoms with Crippen LogP contribution in [0, 0.1) is 0 Å². The molecule has 1 rings (SSSR count). The molecule has 1 amide bonds. The molecular weight excluding hydrogens is 188 g/mol. The Morgan fingerprint density at radius 3 is 2.93 bits per heavy atom. The van der Waals surface area contributed by atoms with Gasteiger partial charge in [-0.25, -0.2) is 0 Å². The highest BCUT2D eigenvalue weighted by atomic mass is 16.5. The number of nitrogens with one attached hydrogen (secondary N) is 1. The number of amides is 1. The van der Waals surface area contributed by atoms with Gasteiger partial charge in [0.15, 0.2) is 0 Å². The third kappa shape index (κ3) is 2.54. The second kappa shape index (κ2) is 4.73. The van der Waals surface area contributed by atoms with Gasteiger partial charge < -0.3 is 20.1 Å². The van der Waals surface area contributed by atoms with E-state index in [9.17, 15) is 4.79 Å². The molecule has 6 nitrogen and oxygen atoms in total. The summed E-state index contributed by atoms with van der Waals surface area (Å²) in [5, 5.41) is 23.3. The molecule has 0 unspecified atom stereocenters. The van der Waals surface area contributed by atoms with E-state index in [-0.39, 0.29) is 25.0 Å². The summed E-state index contributed by atoms with van der Waals surface area (Å²) >= 11 is 0. The van der Waals surface area contributed by atoms with Crippen LogP contribution < -0.4 is 5.32 Å². The van der Waals surface area contributed by atoms with Crippen LogP contribution >= 0.6 is 0 Å². The van der Waals surface area contributed by atoms with E-state index in [1.807, 2.05) is 0 Å². The summed E-state index contributed by atoms with van der Waals surface area (Å²) in [4.78, 5) is 11.3. The van der Waals surface area contributed by atoms with Crippen LogP contribution in [0.2, 0.25) is 0 Å². The van der Waals surface area contributed by atoms with Gasteiger partial charge in [0, 0.05) is 12.1 Å². The van der Waals surface area contributed by atoms with Gasteiger partial charge in [0.25, 0.3) is 5.91 Å². The van der Waals surface area contributed by atoms with E-state index in [0.29, 0.717) is 5.69 Å². The molecule has 6 heteroatoms. The lowest BCUT2D eigenvalue weighted by atomic mass is 10.3. The number of hydrogen-bond donors (Lipinski definition) is 3. The first-order valence-electron chi connectivity index (χ1n) is 4.15. The molecule has 3 N–H and O–H groups in total. The molecule has 1 aromatic heterocycles. The van der Waals surface area contributed by atoms with E-state index in [1.54, 1.807) is 6.92 Å². The highest BCUT2D eigenvalue weighted by Crippen LogP contribution is 2.03. The van der Waals surface area contributed by atoms with Crippen molar-refractivity contribution < 1.29 is 19.5 Å². The van der Waals surface area contributed by atoms with Crippen molar-refractivity contribution in [3.63, 3.8) is 0 Å². The number of carbonyl (C=O) groups is 1. The maximum atomic E-state index is 11.3. The molecule has 0 aliphatic heterocycles. The smallest absolute Gasteiger partial charge is 0.290 e. The third-order valence-electron chi connectivity index (χ3n) is 1.60. The second-order valence-electron chi connectivity index (χ2n) is 2.90. The molecule has 0 saturated carbocycles. The standard InChI is InChI=1S/C8H12N2O4/c1-5(3-11)9-8(13)7-2-6(4-12)10-14-7/h2,5,11-12H,3-4H2,1H3,(H,9,13)/t5-/m1/s1. The Hall–Kier alpha value is -1.40. The zero-order chi connectivity index (χ0) is 10.6. The summed E-state index contributed by atoms with van der Waals surface area (Å²) < 4.78 is 4.66. The van der Waals surface area contributed by atoms with Crippen LogP contribution in [0.25, 0.3) is 0 Å². The summed E-state index contributed by atoms with van der Waals surface area (Å²) in [5.41, 5.74) is 0.298. The molecule has 0 bridgehead atoms. The van der Waals surface area contributed by atoms with E-state index in [0.717, 1.165) is 0 Å². The van der Waals surface area contributed by atoms with Crippen molar-refractivity contribution in [3.8, 4) is 0 Å². The summed E-state index contributed by atoms with van der Waals surface area (Å²) in [6.07, 6.45) is 0. The molecule has 14 heavy (non-hydrogen) atoms. The first-order valence-corrected chi connectivity index (χ1v) is 4.15. The number of rotatable bonds is 4. The largest absolute Gasteiger partial charge is 0.394 e. The molecule has 0 aromatic carbocycles. The monoisotopic (exact) mass is 200 g/mol. The van der Waals surface area contributed by atoms with Crippen LogP contribution in [0.3, 0.4) is 0 Å². The van der Waals surface area contributed by atoms with Crippen LogP contribution in [0.1, 0.15) is 23.2 Å². The number of carbonyl (C=O) groups excluding carboxylic acids is 1. The summed E-state index contributed by atoms with van der Waals surface area (Å²) in [5.74, 6) is -0.437. The third-order valence-corrected chi connectivity index (χ3v) is 1.60. The zero-order valence-electron chi connectivity index (χ0n) is 7.73. The summed E-state index contributed by atoms with van der Waals surface area (Å²) in [6, 6.07) is 1.00. The van der Waals surface area contributed by atoms with Gasteiger partial charge >= 0.3 is 0 Å². The minimum absolute atomic E-state index is 0.0225. The highest BCUT2D eigenvalue weighted by molar-refractivity contribution is 5.91. The average Bonchev–Trinajstić information content (AvgIpc) is 2.65. The van der Waals surface area contributed by atoms with Gasteiger partial charge in [-0.2, -0.15) is 0 Å². The van der Waals surface area contributed by atoms with Crippen molar-refractivity contribution in [1.82, 2.24) is 10.5 Å². The van der Waals surface area contributed by atoms with Crippen LogP contribution in [-0.4, -0.2) is 33.9 Å². The Morgan fingerprint density at radius 1 is 1.71 bits per heavy atom. The maximum absolute atomic E-state index is 11.3. The van der Waals surface area contributed by atoms with Gasteiger partial charge in [0.2, 0.25) is 5.76 Å². The van der Waals surface area contributed by atoms with Crippen LogP contribution in [0.15, 0.2) is 10.6 Å². The van der Waals surface area contributed by atoms with Gasteiger partial charge in [-0.3, -0.25) is 4.79 Å². The Morgan fingerprint density at radius 2 is 2.43 bits per heavy atom. The Kier molecular flexibility index (Phi) is 3.61. The van der Waals surface area contributed by atoms with Crippen LogP contribution in [-0.2, 0) is 6.61 Å². The van der Waals surface area contributed by atoms with Crippen molar-refractivity contribution in [1.29, 1.82) is 0 Å². The molecule has 0 saturated heterocycles. The van der Waals surface area contributed by atoms with E-state index in [2.05, 4.69) is 15.0 Å². The van der Waals surface area contributed by atoms with Gasteiger partial charge in [-0.1, -0.05) is 5.16 Å². The highest BCUT2D eigenvalue weighted by Gasteiger charge is 2.14. The van der Waals surface area contributed by atoms with Crippen molar-refractivity contribution in [2.24, 2.45) is 0 Å². The number of hydrogen-bond acceptors (Lipinski definition) is 5. The summed E-state index contributed by atoms with van der Waals surface area (Å²) in [6.45, 7) is 1.24. The van der Waals surface area contributed by atoms with Crippen molar-refractivity contribution in [2.75, 3.05) is 6.61 Å². The Bertz CT molecular complexity index is 310. The molecule has 0 aliphatic rings. The van der Waals surface area contributed by atoms with Crippen molar-refractivity contribution in [2.45, 2.75) is 19.6 Å². The number of aliphatic hydroxyl groups is 2. The Labute approximate surface area is 80.5 Å². The molecular formula is C8H12N2O4. The first-order chi connectivity index (χ1) is 6.67. The van der Waals surface area contributed by atoms with Gasteiger partial charge in [0.05, 0.1) is 13.2 Å².